The van der Waals surface area contributed by atoms with Crippen LogP contribution in [0.5, 0.6) is 0 Å². The third-order valence-corrected chi connectivity index (χ3v) is 3.07. The van der Waals surface area contributed by atoms with Crippen molar-refractivity contribution in [2.24, 2.45) is 0 Å². The number of hydrogen-bond donors (Lipinski definition) is 1. The summed E-state index contributed by atoms with van der Waals surface area (Å²) in [5.74, 6) is -0.649. The first-order valence-electron chi connectivity index (χ1n) is 2.57. The van der Waals surface area contributed by atoms with E-state index < -0.39 is 9.39 Å². The second kappa shape index (κ2) is 1.86. The van der Waals surface area contributed by atoms with Crippen LogP contribution in [0.2, 0.25) is 0 Å². The Bertz CT molecular complexity index is 118. The quantitative estimate of drug-likeness (QED) is 0.542. The standard InChI is InChI=1S/C5H7IO2/c6-5(4(7)8)2-1-3-5/h1-3H2,(H,7,8). The Morgan fingerprint density at radius 2 is 2.12 bits per heavy atom. The molecule has 8 heavy (non-hydrogen) atoms. The zero-order valence-electron chi connectivity index (χ0n) is 4.35. The maximum absolute atomic E-state index is 10.3. The minimum atomic E-state index is -0.649. The number of carbonyl (C=O) groups is 1. The van der Waals surface area contributed by atoms with Crippen LogP contribution in [0, 0.1) is 0 Å². The molecule has 1 aliphatic carbocycles. The molecule has 0 spiro atoms. The predicted octanol–water partition coefficient (Wildman–Crippen LogP) is 1.43. The molecule has 1 fully saturated rings. The summed E-state index contributed by atoms with van der Waals surface area (Å²) in [7, 11) is 0. The van der Waals surface area contributed by atoms with E-state index in [0.29, 0.717) is 0 Å². The fourth-order valence-electron chi connectivity index (χ4n) is 0.701. The Morgan fingerprint density at radius 3 is 2.12 bits per heavy atom. The van der Waals surface area contributed by atoms with Gasteiger partial charge in [-0.25, -0.2) is 0 Å². The summed E-state index contributed by atoms with van der Waals surface area (Å²) in [5, 5.41) is 8.48. The molecular formula is C5H7IO2. The number of halogens is 1. The molecule has 46 valence electrons. The Hall–Kier alpha value is 0.200. The van der Waals surface area contributed by atoms with Crippen LogP contribution in [0.4, 0.5) is 0 Å². The van der Waals surface area contributed by atoms with Crippen molar-refractivity contribution in [3.05, 3.63) is 0 Å². The topological polar surface area (TPSA) is 37.3 Å². The van der Waals surface area contributed by atoms with E-state index in [4.69, 9.17) is 5.11 Å². The molecular weight excluding hydrogens is 219 g/mol. The third-order valence-electron chi connectivity index (χ3n) is 1.53. The molecule has 0 saturated heterocycles. The molecule has 0 atom stereocenters. The second-order valence-corrected chi connectivity index (χ2v) is 4.19. The van der Waals surface area contributed by atoms with E-state index in [1.165, 1.54) is 0 Å². The van der Waals surface area contributed by atoms with E-state index in [2.05, 4.69) is 0 Å². The average Bonchev–Trinajstić information content (AvgIpc) is 1.60. The molecule has 0 unspecified atom stereocenters. The number of aliphatic carboxylic acids is 1. The van der Waals surface area contributed by atoms with E-state index in [1.807, 2.05) is 22.6 Å². The van der Waals surface area contributed by atoms with Crippen molar-refractivity contribution in [1.29, 1.82) is 0 Å². The van der Waals surface area contributed by atoms with Gasteiger partial charge in [0, 0.05) is 0 Å². The first kappa shape index (κ1) is 6.32. The predicted molar refractivity (Wildman–Crippen MR) is 38.2 cm³/mol. The average molecular weight is 226 g/mol. The molecule has 0 heterocycles. The second-order valence-electron chi connectivity index (χ2n) is 2.12. The number of alkyl halides is 1. The number of carboxylic acid groups (broad SMARTS) is 1. The monoisotopic (exact) mass is 226 g/mol. The Labute approximate surface area is 61.4 Å². The molecule has 2 nitrogen and oxygen atoms in total. The highest BCUT2D eigenvalue weighted by Gasteiger charge is 2.41. The van der Waals surface area contributed by atoms with Gasteiger partial charge in [-0.2, -0.15) is 0 Å². The Balaban J connectivity index is 2.53. The van der Waals surface area contributed by atoms with Crippen LogP contribution < -0.4 is 0 Å². The van der Waals surface area contributed by atoms with Gasteiger partial charge in [0.05, 0.1) is 0 Å². The molecule has 1 N–H and O–H groups in total. The normalized spacial score (nSPS) is 24.1. The van der Waals surface area contributed by atoms with Gasteiger partial charge < -0.3 is 5.11 Å². The van der Waals surface area contributed by atoms with E-state index in [1.54, 1.807) is 0 Å². The van der Waals surface area contributed by atoms with Crippen LogP contribution >= 0.6 is 22.6 Å². The van der Waals surface area contributed by atoms with Crippen LogP contribution in [0.25, 0.3) is 0 Å². The van der Waals surface area contributed by atoms with E-state index in [-0.39, 0.29) is 0 Å². The molecule has 1 aliphatic rings. The lowest BCUT2D eigenvalue weighted by Gasteiger charge is -2.31. The van der Waals surface area contributed by atoms with Crippen molar-refractivity contribution >= 4 is 28.6 Å². The van der Waals surface area contributed by atoms with E-state index >= 15 is 0 Å². The smallest absolute Gasteiger partial charge is 0.319 e. The summed E-state index contributed by atoms with van der Waals surface area (Å²) < 4.78 is -0.391. The molecule has 0 aromatic carbocycles. The summed E-state index contributed by atoms with van der Waals surface area (Å²) >= 11 is 2.02. The van der Waals surface area contributed by atoms with Gasteiger partial charge in [0.25, 0.3) is 0 Å². The highest BCUT2D eigenvalue weighted by molar-refractivity contribution is 14.1. The van der Waals surface area contributed by atoms with Crippen LogP contribution in [-0.4, -0.2) is 14.5 Å². The lowest BCUT2D eigenvalue weighted by molar-refractivity contribution is -0.141. The first-order chi connectivity index (χ1) is 3.65. The molecule has 0 aromatic rings. The molecule has 0 bridgehead atoms. The summed E-state index contributed by atoms with van der Waals surface area (Å²) in [6.45, 7) is 0. The maximum Gasteiger partial charge on any atom is 0.319 e. The molecule has 0 aliphatic heterocycles. The SMILES string of the molecule is O=C(O)C1(I)CCC1. The van der Waals surface area contributed by atoms with Crippen LogP contribution in [0.15, 0.2) is 0 Å². The van der Waals surface area contributed by atoms with Gasteiger partial charge in [0.15, 0.2) is 0 Å². The molecule has 3 heteroatoms. The molecule has 0 radical (unpaired) electrons. The van der Waals surface area contributed by atoms with Gasteiger partial charge >= 0.3 is 5.97 Å². The zero-order valence-corrected chi connectivity index (χ0v) is 6.51. The number of rotatable bonds is 1. The van der Waals surface area contributed by atoms with Crippen molar-refractivity contribution < 1.29 is 9.90 Å². The van der Waals surface area contributed by atoms with Crippen molar-refractivity contribution in [2.75, 3.05) is 0 Å². The van der Waals surface area contributed by atoms with E-state index in [9.17, 15) is 4.79 Å². The third kappa shape index (κ3) is 0.831. The van der Waals surface area contributed by atoms with Gasteiger partial charge in [-0.05, 0) is 19.3 Å². The maximum atomic E-state index is 10.3. The van der Waals surface area contributed by atoms with Crippen molar-refractivity contribution in [2.45, 2.75) is 22.7 Å². The molecule has 0 amide bonds. The van der Waals surface area contributed by atoms with Gasteiger partial charge in [-0.1, -0.05) is 22.6 Å². The van der Waals surface area contributed by atoms with Crippen molar-refractivity contribution in [3.63, 3.8) is 0 Å². The summed E-state index contributed by atoms with van der Waals surface area (Å²) in [6, 6.07) is 0. The number of carboxylic acids is 1. The fourth-order valence-corrected chi connectivity index (χ4v) is 1.46. The summed E-state index contributed by atoms with van der Waals surface area (Å²) in [5.41, 5.74) is 0. The zero-order chi connectivity index (χ0) is 6.20. The minimum absolute atomic E-state index is 0.391. The van der Waals surface area contributed by atoms with Crippen LogP contribution in [0.3, 0.4) is 0 Å². The van der Waals surface area contributed by atoms with E-state index in [0.717, 1.165) is 19.3 Å². The molecule has 0 aromatic heterocycles. The van der Waals surface area contributed by atoms with Crippen LogP contribution in [0.1, 0.15) is 19.3 Å². The van der Waals surface area contributed by atoms with Crippen LogP contribution in [-0.2, 0) is 4.79 Å². The summed E-state index contributed by atoms with van der Waals surface area (Å²) in [4.78, 5) is 10.3. The minimum Gasteiger partial charge on any atom is -0.480 e. The highest BCUT2D eigenvalue weighted by atomic mass is 127. The lowest BCUT2D eigenvalue weighted by atomic mass is 9.86. The van der Waals surface area contributed by atoms with Crippen molar-refractivity contribution in [3.8, 4) is 0 Å². The van der Waals surface area contributed by atoms with Gasteiger partial charge in [0.1, 0.15) is 3.42 Å². The van der Waals surface area contributed by atoms with Gasteiger partial charge in [-0.3, -0.25) is 4.79 Å². The van der Waals surface area contributed by atoms with Gasteiger partial charge in [0.2, 0.25) is 0 Å². The molecule has 1 rings (SSSR count). The molecule has 1 saturated carbocycles. The fraction of sp³-hybridized carbons (Fsp3) is 0.800. The highest BCUT2D eigenvalue weighted by Crippen LogP contribution is 2.40. The van der Waals surface area contributed by atoms with Crippen molar-refractivity contribution in [1.82, 2.24) is 0 Å². The largest absolute Gasteiger partial charge is 0.480 e. The Kier molecular flexibility index (Phi) is 1.47. The van der Waals surface area contributed by atoms with Gasteiger partial charge in [-0.15, -0.1) is 0 Å². The Morgan fingerprint density at radius 1 is 1.62 bits per heavy atom. The number of hydrogen-bond acceptors (Lipinski definition) is 1. The summed E-state index contributed by atoms with van der Waals surface area (Å²) in [6.07, 6.45) is 2.78. The lowest BCUT2D eigenvalue weighted by Crippen LogP contribution is -2.38. The first-order valence-corrected chi connectivity index (χ1v) is 3.65.